The number of carbonyl (C=O) groups is 1. The minimum Gasteiger partial charge on any atom is -0.493 e. The molecule has 1 amide bonds. The van der Waals surface area contributed by atoms with Crippen LogP contribution in [0.4, 0.5) is 0 Å². The highest BCUT2D eigenvalue weighted by atomic mass is 16.5. The lowest BCUT2D eigenvalue weighted by atomic mass is 10.00. The van der Waals surface area contributed by atoms with Gasteiger partial charge in [0, 0.05) is 32.6 Å². The van der Waals surface area contributed by atoms with Crippen LogP contribution in [-0.2, 0) is 4.79 Å². The van der Waals surface area contributed by atoms with E-state index in [2.05, 4.69) is 59.8 Å². The molecule has 0 fully saturated rings. The van der Waals surface area contributed by atoms with Gasteiger partial charge in [0.05, 0.1) is 12.6 Å². The van der Waals surface area contributed by atoms with Crippen LogP contribution in [0.5, 0.6) is 5.75 Å². The smallest absolute Gasteiger partial charge is 0.243 e. The van der Waals surface area contributed by atoms with Gasteiger partial charge in [0.25, 0.3) is 0 Å². The minimum atomic E-state index is -0.0324. The number of aryl methyl sites for hydroxylation is 1. The number of hydrogen-bond donors (Lipinski definition) is 2. The van der Waals surface area contributed by atoms with Gasteiger partial charge in [-0.3, -0.25) is 4.79 Å². The molecule has 0 bridgehead atoms. The van der Waals surface area contributed by atoms with Crippen LogP contribution in [0.25, 0.3) is 0 Å². The Kier molecular flexibility index (Phi) is 7.33. The van der Waals surface area contributed by atoms with Crippen LogP contribution in [0.15, 0.2) is 53.5 Å². The molecule has 0 spiro atoms. The molecule has 1 aliphatic rings. The van der Waals surface area contributed by atoms with Gasteiger partial charge >= 0.3 is 0 Å². The molecule has 3 rings (SSSR count). The molecule has 0 aromatic heterocycles. The van der Waals surface area contributed by atoms with Crippen molar-refractivity contribution in [3.8, 4) is 5.75 Å². The van der Waals surface area contributed by atoms with Crippen LogP contribution < -0.4 is 15.4 Å². The fourth-order valence-corrected chi connectivity index (χ4v) is 3.36. The Labute approximate surface area is 179 Å². The lowest BCUT2D eigenvalue weighted by Crippen LogP contribution is -2.43. The average Bonchev–Trinajstić information content (AvgIpc) is 2.75. The fraction of sp³-hybridized carbons (Fsp3) is 0.417. The number of hydrogen-bond acceptors (Lipinski definition) is 3. The number of likely N-dealkylation sites (N-methyl/N-ethyl adjacent to an activating group) is 1. The molecule has 0 radical (unpaired) electrons. The van der Waals surface area contributed by atoms with E-state index in [0.29, 0.717) is 18.5 Å². The number of aliphatic imine (C=N–C) groups is 1. The molecule has 6 heteroatoms. The maximum absolute atomic E-state index is 12.1. The molecule has 1 aliphatic heterocycles. The Morgan fingerprint density at radius 1 is 1.20 bits per heavy atom. The van der Waals surface area contributed by atoms with Crippen LogP contribution in [0.1, 0.15) is 42.0 Å². The number of nitrogens with one attached hydrogen (secondary N) is 2. The molecular weight excluding hydrogens is 376 g/mol. The van der Waals surface area contributed by atoms with Gasteiger partial charge in [-0.2, -0.15) is 0 Å². The number of rotatable bonds is 6. The second kappa shape index (κ2) is 10.1. The first-order valence-corrected chi connectivity index (χ1v) is 10.5. The van der Waals surface area contributed by atoms with Gasteiger partial charge < -0.3 is 20.3 Å². The maximum atomic E-state index is 12.1. The minimum absolute atomic E-state index is 0.0324. The fourth-order valence-electron chi connectivity index (χ4n) is 3.36. The number of guanidine groups is 1. The van der Waals surface area contributed by atoms with Crippen molar-refractivity contribution >= 4 is 11.9 Å². The van der Waals surface area contributed by atoms with Gasteiger partial charge in [-0.15, -0.1) is 0 Å². The normalized spacial score (nSPS) is 16.8. The lowest BCUT2D eigenvalue weighted by molar-refractivity contribution is -0.127. The molecule has 2 N–H and O–H groups in total. The third kappa shape index (κ3) is 5.75. The summed E-state index contributed by atoms with van der Waals surface area (Å²) in [6.07, 6.45) is 0.840. The van der Waals surface area contributed by atoms with Crippen LogP contribution >= 0.6 is 0 Å². The van der Waals surface area contributed by atoms with Crippen molar-refractivity contribution in [3.63, 3.8) is 0 Å². The first-order chi connectivity index (χ1) is 14.4. The summed E-state index contributed by atoms with van der Waals surface area (Å²) in [5.41, 5.74) is 3.64. The molecule has 0 saturated carbocycles. The second-order valence-corrected chi connectivity index (χ2v) is 8.02. The number of fused-ring (bicyclic) bond motifs is 1. The summed E-state index contributed by atoms with van der Waals surface area (Å²) < 4.78 is 5.77. The van der Waals surface area contributed by atoms with E-state index >= 15 is 0 Å². The zero-order chi connectivity index (χ0) is 21.5. The lowest BCUT2D eigenvalue weighted by Gasteiger charge is -2.28. The molecule has 1 heterocycles. The Balaban J connectivity index is 1.71. The molecule has 0 saturated heterocycles. The molecule has 2 aromatic rings. The van der Waals surface area contributed by atoms with E-state index < -0.39 is 0 Å². The van der Waals surface area contributed by atoms with Gasteiger partial charge in [0.2, 0.25) is 5.91 Å². The monoisotopic (exact) mass is 408 g/mol. The van der Waals surface area contributed by atoms with E-state index in [0.717, 1.165) is 24.3 Å². The molecule has 6 nitrogen and oxygen atoms in total. The van der Waals surface area contributed by atoms with E-state index in [1.54, 1.807) is 19.0 Å². The standard InChI is InChI=1S/C24H32N4O2/c1-17-9-11-19(12-10-17)18(2)15-25-24(26-16-23(29)28(3)4)27-21-13-14-30-22-8-6-5-7-20(21)22/h5-12,18,21H,13-16H2,1-4H3,(H2,25,26,27). The van der Waals surface area contributed by atoms with Crippen LogP contribution in [0.3, 0.4) is 0 Å². The SMILES string of the molecule is Cc1ccc(C(C)CNC(=NCC(=O)N(C)C)NC2CCOc3ccccc32)cc1. The summed E-state index contributed by atoms with van der Waals surface area (Å²) in [5.74, 6) is 1.82. The number of amides is 1. The zero-order valence-corrected chi connectivity index (χ0v) is 18.3. The van der Waals surface area contributed by atoms with Gasteiger partial charge in [0.15, 0.2) is 5.96 Å². The molecule has 2 unspecified atom stereocenters. The van der Waals surface area contributed by atoms with Crippen LogP contribution in [0.2, 0.25) is 0 Å². The first kappa shape index (κ1) is 21.7. The zero-order valence-electron chi connectivity index (χ0n) is 18.3. The van der Waals surface area contributed by atoms with E-state index in [9.17, 15) is 4.79 Å². The second-order valence-electron chi connectivity index (χ2n) is 8.02. The molecule has 2 aromatic carbocycles. The van der Waals surface area contributed by atoms with E-state index in [1.165, 1.54) is 11.1 Å². The van der Waals surface area contributed by atoms with Crippen LogP contribution in [-0.4, -0.2) is 50.6 Å². The van der Waals surface area contributed by atoms with E-state index in [1.807, 2.05) is 18.2 Å². The number of carbonyl (C=O) groups excluding carboxylic acids is 1. The van der Waals surface area contributed by atoms with E-state index in [4.69, 9.17) is 4.74 Å². The van der Waals surface area contributed by atoms with Gasteiger partial charge in [-0.25, -0.2) is 4.99 Å². The van der Waals surface area contributed by atoms with Crippen molar-refractivity contribution in [3.05, 3.63) is 65.2 Å². The number of nitrogens with zero attached hydrogens (tertiary/aromatic N) is 2. The van der Waals surface area contributed by atoms with Gasteiger partial charge in [0.1, 0.15) is 12.3 Å². The summed E-state index contributed by atoms with van der Waals surface area (Å²) in [7, 11) is 3.49. The summed E-state index contributed by atoms with van der Waals surface area (Å²) >= 11 is 0. The highest BCUT2D eigenvalue weighted by molar-refractivity contribution is 5.85. The summed E-state index contributed by atoms with van der Waals surface area (Å²) in [4.78, 5) is 18.2. The largest absolute Gasteiger partial charge is 0.493 e. The Hall–Kier alpha value is -3.02. The van der Waals surface area contributed by atoms with Crippen molar-refractivity contribution in [2.45, 2.75) is 32.2 Å². The first-order valence-electron chi connectivity index (χ1n) is 10.5. The van der Waals surface area contributed by atoms with Crippen molar-refractivity contribution in [1.29, 1.82) is 0 Å². The third-order valence-electron chi connectivity index (χ3n) is 5.36. The summed E-state index contributed by atoms with van der Waals surface area (Å²) in [5, 5.41) is 6.94. The molecular formula is C24H32N4O2. The topological polar surface area (TPSA) is 66.0 Å². The summed E-state index contributed by atoms with van der Waals surface area (Å²) in [6.45, 7) is 5.75. The van der Waals surface area contributed by atoms with Gasteiger partial charge in [-0.05, 0) is 24.5 Å². The average molecular weight is 409 g/mol. The Morgan fingerprint density at radius 2 is 1.93 bits per heavy atom. The highest BCUT2D eigenvalue weighted by Gasteiger charge is 2.22. The Bertz CT molecular complexity index is 877. The summed E-state index contributed by atoms with van der Waals surface area (Å²) in [6, 6.07) is 16.7. The van der Waals surface area contributed by atoms with Crippen molar-refractivity contribution < 1.29 is 9.53 Å². The molecule has 160 valence electrons. The van der Waals surface area contributed by atoms with Crippen molar-refractivity contribution in [1.82, 2.24) is 15.5 Å². The number of benzene rings is 2. The molecule has 0 aliphatic carbocycles. The highest BCUT2D eigenvalue weighted by Crippen LogP contribution is 2.31. The molecule has 2 atom stereocenters. The molecule has 30 heavy (non-hydrogen) atoms. The van der Waals surface area contributed by atoms with Crippen molar-refractivity contribution in [2.75, 3.05) is 33.8 Å². The quantitative estimate of drug-likeness (QED) is 0.569. The number of ether oxygens (including phenoxy) is 1. The van der Waals surface area contributed by atoms with Gasteiger partial charge in [-0.1, -0.05) is 55.0 Å². The Morgan fingerprint density at radius 3 is 2.67 bits per heavy atom. The van der Waals surface area contributed by atoms with Crippen LogP contribution in [0, 0.1) is 6.92 Å². The predicted octanol–water partition coefficient (Wildman–Crippen LogP) is 3.25. The predicted molar refractivity (Wildman–Crippen MR) is 121 cm³/mol. The van der Waals surface area contributed by atoms with E-state index in [-0.39, 0.29) is 18.5 Å². The third-order valence-corrected chi connectivity index (χ3v) is 5.36. The maximum Gasteiger partial charge on any atom is 0.243 e. The number of para-hydroxylation sites is 1. The van der Waals surface area contributed by atoms with Crippen molar-refractivity contribution in [2.24, 2.45) is 4.99 Å².